The molecule has 9 nitrogen and oxygen atoms in total. The van der Waals surface area contributed by atoms with E-state index in [1.165, 1.54) is 43.6 Å². The van der Waals surface area contributed by atoms with Gasteiger partial charge < -0.3 is 11.1 Å². The summed E-state index contributed by atoms with van der Waals surface area (Å²) < 4.78 is 42.5. The number of carbonyl (C=O) groups excluding carboxylic acids is 2. The van der Waals surface area contributed by atoms with Crippen molar-refractivity contribution in [1.29, 1.82) is 5.26 Å². The molecule has 4 rings (SSSR count). The number of fused-ring (bicyclic) bond motifs is 1. The molecule has 0 aliphatic rings. The van der Waals surface area contributed by atoms with Crippen LogP contribution in [0.4, 0.5) is 18.9 Å². The van der Waals surface area contributed by atoms with Gasteiger partial charge in [-0.15, -0.1) is 0 Å². The Morgan fingerprint density at radius 3 is 2.60 bits per heavy atom. The number of pyridine rings is 2. The molecular formula is C23H16F3N7O2. The number of nitrogens with two attached hydrogens (primary N) is 1. The molecule has 176 valence electrons. The molecule has 3 heterocycles. The number of nitrogens with zero attached hydrogens (tertiary/aromatic N) is 5. The van der Waals surface area contributed by atoms with E-state index in [0.29, 0.717) is 16.6 Å². The van der Waals surface area contributed by atoms with Crippen molar-refractivity contribution in [2.45, 2.75) is 19.6 Å². The highest BCUT2D eigenvalue weighted by Gasteiger charge is 2.39. The number of hydrogen-bond donors (Lipinski definition) is 2. The average Bonchev–Trinajstić information content (AvgIpc) is 3.14. The Labute approximate surface area is 196 Å². The summed E-state index contributed by atoms with van der Waals surface area (Å²) in [6.07, 6.45) is -2.12. The second kappa shape index (κ2) is 8.86. The Balaban J connectivity index is 1.75. The summed E-state index contributed by atoms with van der Waals surface area (Å²) in [5, 5.41) is 15.2. The van der Waals surface area contributed by atoms with Crippen molar-refractivity contribution in [3.05, 3.63) is 82.6 Å². The molecule has 0 atom stereocenters. The molecular weight excluding hydrogens is 463 g/mol. The first-order chi connectivity index (χ1) is 16.6. The number of amides is 2. The van der Waals surface area contributed by atoms with Crippen LogP contribution in [-0.2, 0) is 12.7 Å². The second-order valence-corrected chi connectivity index (χ2v) is 7.53. The van der Waals surface area contributed by atoms with Crippen LogP contribution in [0.15, 0.2) is 48.8 Å². The Kier molecular flexibility index (Phi) is 5.92. The Morgan fingerprint density at radius 1 is 1.20 bits per heavy atom. The Morgan fingerprint density at radius 2 is 1.97 bits per heavy atom. The van der Waals surface area contributed by atoms with Gasteiger partial charge in [-0.05, 0) is 37.3 Å². The average molecular weight is 479 g/mol. The van der Waals surface area contributed by atoms with Crippen LogP contribution in [0.2, 0.25) is 0 Å². The number of anilines is 1. The van der Waals surface area contributed by atoms with E-state index >= 15 is 0 Å². The van der Waals surface area contributed by atoms with Crippen LogP contribution in [0, 0.1) is 18.3 Å². The maximum absolute atomic E-state index is 13.8. The van der Waals surface area contributed by atoms with E-state index in [4.69, 9.17) is 11.0 Å². The molecule has 0 aliphatic heterocycles. The summed E-state index contributed by atoms with van der Waals surface area (Å²) in [5.74, 6) is -1.71. The van der Waals surface area contributed by atoms with E-state index in [2.05, 4.69) is 20.4 Å². The summed E-state index contributed by atoms with van der Waals surface area (Å²) in [7, 11) is 0. The summed E-state index contributed by atoms with van der Waals surface area (Å²) >= 11 is 0. The van der Waals surface area contributed by atoms with Crippen molar-refractivity contribution in [3.8, 4) is 6.07 Å². The highest BCUT2D eigenvalue weighted by molar-refractivity contribution is 6.14. The normalized spacial score (nSPS) is 11.3. The van der Waals surface area contributed by atoms with Gasteiger partial charge in [-0.3, -0.25) is 24.2 Å². The first-order valence-corrected chi connectivity index (χ1v) is 10.1. The van der Waals surface area contributed by atoms with E-state index in [0.717, 1.165) is 4.68 Å². The van der Waals surface area contributed by atoms with Gasteiger partial charge in [0, 0.05) is 28.9 Å². The molecule has 0 bridgehead atoms. The number of carbonyl (C=O) groups is 2. The lowest BCUT2D eigenvalue weighted by Gasteiger charge is -2.11. The fraction of sp³-hybridized carbons (Fsp3) is 0.130. The molecule has 12 heteroatoms. The highest BCUT2D eigenvalue weighted by Crippen LogP contribution is 2.36. The molecule has 4 aromatic rings. The topological polar surface area (TPSA) is 140 Å². The van der Waals surface area contributed by atoms with Gasteiger partial charge in [0.05, 0.1) is 34.7 Å². The number of primary amides is 1. The predicted octanol–water partition coefficient (Wildman–Crippen LogP) is 3.42. The van der Waals surface area contributed by atoms with Crippen molar-refractivity contribution in [2.24, 2.45) is 5.73 Å². The minimum Gasteiger partial charge on any atom is -0.366 e. The van der Waals surface area contributed by atoms with E-state index in [1.807, 2.05) is 6.07 Å². The van der Waals surface area contributed by atoms with Gasteiger partial charge in [0.15, 0.2) is 5.69 Å². The molecule has 3 N–H and O–H groups in total. The van der Waals surface area contributed by atoms with Gasteiger partial charge in [0.25, 0.3) is 5.91 Å². The molecule has 0 fully saturated rings. The minimum absolute atomic E-state index is 0.0169. The van der Waals surface area contributed by atoms with Gasteiger partial charge >= 0.3 is 6.18 Å². The monoisotopic (exact) mass is 479 g/mol. The zero-order valence-corrected chi connectivity index (χ0v) is 18.1. The minimum atomic E-state index is -4.87. The Bertz CT molecular complexity index is 1500. The molecule has 0 radical (unpaired) electrons. The zero-order valence-electron chi connectivity index (χ0n) is 18.1. The largest absolute Gasteiger partial charge is 0.437 e. The van der Waals surface area contributed by atoms with Crippen LogP contribution >= 0.6 is 0 Å². The second-order valence-electron chi connectivity index (χ2n) is 7.53. The van der Waals surface area contributed by atoms with Gasteiger partial charge in [0.1, 0.15) is 6.07 Å². The van der Waals surface area contributed by atoms with Crippen molar-refractivity contribution < 1.29 is 22.8 Å². The number of alkyl halides is 3. The molecule has 0 spiro atoms. The summed E-state index contributed by atoms with van der Waals surface area (Å²) in [4.78, 5) is 33.0. The maximum atomic E-state index is 13.8. The molecule has 0 aliphatic carbocycles. The smallest absolute Gasteiger partial charge is 0.366 e. The predicted molar refractivity (Wildman–Crippen MR) is 118 cm³/mol. The highest BCUT2D eigenvalue weighted by atomic mass is 19.4. The summed E-state index contributed by atoms with van der Waals surface area (Å²) in [6.45, 7) is 1.25. The summed E-state index contributed by atoms with van der Waals surface area (Å²) in [5.41, 5.74) is 4.42. The number of aromatic nitrogens is 4. The quantitative estimate of drug-likeness (QED) is 0.450. The van der Waals surface area contributed by atoms with Gasteiger partial charge in [-0.25, -0.2) is 0 Å². The Hall–Kier alpha value is -4.79. The van der Waals surface area contributed by atoms with E-state index in [9.17, 15) is 22.8 Å². The van der Waals surface area contributed by atoms with Gasteiger partial charge in [0.2, 0.25) is 5.91 Å². The van der Waals surface area contributed by atoms with Crippen LogP contribution in [0.1, 0.15) is 43.4 Å². The molecule has 0 saturated heterocycles. The van der Waals surface area contributed by atoms with E-state index < -0.39 is 29.4 Å². The first-order valence-electron chi connectivity index (χ1n) is 10.1. The van der Waals surface area contributed by atoms with Crippen molar-refractivity contribution in [3.63, 3.8) is 0 Å². The molecule has 35 heavy (non-hydrogen) atoms. The van der Waals surface area contributed by atoms with Crippen molar-refractivity contribution in [2.75, 3.05) is 5.32 Å². The lowest BCUT2D eigenvalue weighted by Crippen LogP contribution is -2.18. The van der Waals surface area contributed by atoms with Crippen molar-refractivity contribution >= 4 is 28.4 Å². The maximum Gasteiger partial charge on any atom is 0.437 e. The van der Waals surface area contributed by atoms with Crippen LogP contribution < -0.4 is 11.1 Å². The fourth-order valence-electron chi connectivity index (χ4n) is 3.48. The summed E-state index contributed by atoms with van der Waals surface area (Å²) in [6, 6.07) is 10.6. The molecule has 0 saturated carbocycles. The number of halogens is 3. The van der Waals surface area contributed by atoms with Crippen LogP contribution in [0.3, 0.4) is 0 Å². The van der Waals surface area contributed by atoms with Crippen LogP contribution in [0.5, 0.6) is 0 Å². The van der Waals surface area contributed by atoms with Gasteiger partial charge in [-0.1, -0.05) is 6.07 Å². The molecule has 2 amide bonds. The standard InChI is InChI=1S/C23H16F3N7O2/c1-12-19(20(23(24,25)26)32-33(12)11-15-5-4-13(9-27)10-30-15)31-22(35)17-7-14(21(28)34)8-18-16(17)3-2-6-29-18/h2-8,10H,11H2,1H3,(H2,28,34)(H,31,35). The fourth-order valence-corrected chi connectivity index (χ4v) is 3.48. The van der Waals surface area contributed by atoms with E-state index in [1.54, 1.807) is 12.1 Å². The number of benzene rings is 1. The number of nitrogens with one attached hydrogen (secondary N) is 1. The third-order valence-corrected chi connectivity index (χ3v) is 5.23. The lowest BCUT2D eigenvalue weighted by atomic mass is 10.0. The molecule has 1 aromatic carbocycles. The third kappa shape index (κ3) is 4.65. The first kappa shape index (κ1) is 23.4. The van der Waals surface area contributed by atoms with Crippen LogP contribution in [0.25, 0.3) is 10.9 Å². The van der Waals surface area contributed by atoms with Crippen LogP contribution in [-0.4, -0.2) is 31.6 Å². The molecule has 0 unspecified atom stereocenters. The van der Waals surface area contributed by atoms with Gasteiger partial charge in [-0.2, -0.15) is 23.5 Å². The molecule has 3 aromatic heterocycles. The van der Waals surface area contributed by atoms with Crippen molar-refractivity contribution in [1.82, 2.24) is 19.7 Å². The number of hydrogen-bond acceptors (Lipinski definition) is 6. The third-order valence-electron chi connectivity index (χ3n) is 5.23. The van der Waals surface area contributed by atoms with E-state index in [-0.39, 0.29) is 28.9 Å². The SMILES string of the molecule is Cc1c(NC(=O)c2cc(C(N)=O)cc3ncccc23)c(C(F)(F)F)nn1Cc1ccc(C#N)cn1. The number of rotatable bonds is 5. The zero-order chi connectivity index (χ0) is 25.3. The lowest BCUT2D eigenvalue weighted by molar-refractivity contribution is -0.140. The number of nitriles is 1.